The van der Waals surface area contributed by atoms with Crippen molar-refractivity contribution < 1.29 is 0 Å². The maximum atomic E-state index is 6.28. The van der Waals surface area contributed by atoms with Crippen molar-refractivity contribution in [3.8, 4) is 0 Å². The van der Waals surface area contributed by atoms with E-state index in [1.165, 1.54) is 12.8 Å². The quantitative estimate of drug-likeness (QED) is 0.634. The van der Waals surface area contributed by atoms with Gasteiger partial charge in [-0.25, -0.2) is 19.9 Å². The van der Waals surface area contributed by atoms with Crippen LogP contribution in [0.15, 0.2) is 35.6 Å². The lowest BCUT2D eigenvalue weighted by Crippen LogP contribution is -2.51. The standard InChI is InChI=1S/C20H28N8/c1-16-13-17(14-18(25-16)26-7-2-3-8-26)15-24-19(21)27-9-11-28(12-10-27)20-22-5-4-6-23-20/h4-6,13-14H,2-3,7-12,15H2,1H3,(H2,21,24). The van der Waals surface area contributed by atoms with E-state index in [2.05, 4.69) is 46.8 Å². The Balaban J connectivity index is 1.36. The van der Waals surface area contributed by atoms with Crippen molar-refractivity contribution in [3.05, 3.63) is 41.9 Å². The molecule has 2 aliphatic heterocycles. The highest BCUT2D eigenvalue weighted by molar-refractivity contribution is 5.78. The van der Waals surface area contributed by atoms with Crippen molar-refractivity contribution in [3.63, 3.8) is 0 Å². The first-order valence-electron chi connectivity index (χ1n) is 9.98. The molecule has 148 valence electrons. The van der Waals surface area contributed by atoms with Gasteiger partial charge >= 0.3 is 0 Å². The molecule has 8 heteroatoms. The van der Waals surface area contributed by atoms with Crippen LogP contribution in [-0.4, -0.2) is 65.1 Å². The topological polar surface area (TPSA) is 86.8 Å². The Morgan fingerprint density at radius 1 is 1.00 bits per heavy atom. The molecule has 0 unspecified atom stereocenters. The van der Waals surface area contributed by atoms with Crippen molar-refractivity contribution in [2.75, 3.05) is 49.1 Å². The number of nitrogens with two attached hydrogens (primary N) is 1. The molecule has 4 rings (SSSR count). The zero-order valence-corrected chi connectivity index (χ0v) is 16.5. The Kier molecular flexibility index (Phi) is 5.55. The number of piperazine rings is 1. The van der Waals surface area contributed by atoms with Gasteiger partial charge in [0.25, 0.3) is 0 Å². The molecule has 2 aromatic heterocycles. The zero-order chi connectivity index (χ0) is 19.3. The summed E-state index contributed by atoms with van der Waals surface area (Å²) in [5.74, 6) is 2.45. The molecule has 2 aromatic rings. The van der Waals surface area contributed by atoms with E-state index in [0.717, 1.165) is 62.3 Å². The third-order valence-electron chi connectivity index (χ3n) is 5.29. The molecule has 2 saturated heterocycles. The van der Waals surface area contributed by atoms with Gasteiger partial charge in [0.05, 0.1) is 6.54 Å². The zero-order valence-electron chi connectivity index (χ0n) is 16.5. The summed E-state index contributed by atoms with van der Waals surface area (Å²) < 4.78 is 0. The van der Waals surface area contributed by atoms with Crippen molar-refractivity contribution in [2.45, 2.75) is 26.3 Å². The van der Waals surface area contributed by atoms with Crippen molar-refractivity contribution >= 4 is 17.7 Å². The number of anilines is 2. The van der Waals surface area contributed by atoms with Gasteiger partial charge in [-0.05, 0) is 43.5 Å². The minimum absolute atomic E-state index is 0.581. The molecule has 28 heavy (non-hydrogen) atoms. The van der Waals surface area contributed by atoms with Gasteiger partial charge in [0.2, 0.25) is 5.95 Å². The molecule has 2 fully saturated rings. The number of guanidine groups is 1. The Bertz CT molecular complexity index is 808. The number of hydrogen-bond acceptors (Lipinski definition) is 6. The molecule has 0 saturated carbocycles. The first-order valence-corrected chi connectivity index (χ1v) is 9.98. The smallest absolute Gasteiger partial charge is 0.225 e. The Labute approximate surface area is 166 Å². The summed E-state index contributed by atoms with van der Waals surface area (Å²) in [6.07, 6.45) is 6.04. The molecule has 0 spiro atoms. The van der Waals surface area contributed by atoms with Crippen LogP contribution in [0.5, 0.6) is 0 Å². The monoisotopic (exact) mass is 380 g/mol. The number of aliphatic imine (C=N–C) groups is 1. The van der Waals surface area contributed by atoms with Gasteiger partial charge in [-0.1, -0.05) is 0 Å². The summed E-state index contributed by atoms with van der Waals surface area (Å²) in [5, 5.41) is 0. The Hall–Kier alpha value is -2.90. The van der Waals surface area contributed by atoms with Gasteiger partial charge in [-0.15, -0.1) is 0 Å². The third kappa shape index (κ3) is 4.32. The number of pyridine rings is 1. The maximum Gasteiger partial charge on any atom is 0.225 e. The largest absolute Gasteiger partial charge is 0.370 e. The molecule has 0 bridgehead atoms. The lowest BCUT2D eigenvalue weighted by molar-refractivity contribution is 0.378. The summed E-state index contributed by atoms with van der Waals surface area (Å²) in [5.41, 5.74) is 8.47. The Morgan fingerprint density at radius 3 is 2.43 bits per heavy atom. The highest BCUT2D eigenvalue weighted by Gasteiger charge is 2.20. The fourth-order valence-electron chi connectivity index (χ4n) is 3.78. The average Bonchev–Trinajstić information content (AvgIpc) is 3.27. The molecular weight excluding hydrogens is 352 g/mol. The van der Waals surface area contributed by atoms with Crippen LogP contribution in [0.1, 0.15) is 24.1 Å². The summed E-state index contributed by atoms with van der Waals surface area (Å²) in [7, 11) is 0. The maximum absolute atomic E-state index is 6.28. The fraction of sp³-hybridized carbons (Fsp3) is 0.500. The number of rotatable bonds is 4. The molecule has 2 N–H and O–H groups in total. The van der Waals surface area contributed by atoms with E-state index in [4.69, 9.17) is 5.73 Å². The molecule has 0 atom stereocenters. The minimum Gasteiger partial charge on any atom is -0.370 e. The van der Waals surface area contributed by atoms with E-state index in [-0.39, 0.29) is 0 Å². The summed E-state index contributed by atoms with van der Waals surface area (Å²) in [4.78, 5) is 24.7. The number of nitrogens with zero attached hydrogens (tertiary/aromatic N) is 7. The number of aromatic nitrogens is 3. The first-order chi connectivity index (χ1) is 13.7. The molecule has 4 heterocycles. The fourth-order valence-corrected chi connectivity index (χ4v) is 3.78. The van der Waals surface area contributed by atoms with E-state index >= 15 is 0 Å². The van der Waals surface area contributed by atoms with Crippen LogP contribution in [0, 0.1) is 6.92 Å². The van der Waals surface area contributed by atoms with Crippen LogP contribution in [0.4, 0.5) is 11.8 Å². The normalized spacial score (nSPS) is 18.0. The van der Waals surface area contributed by atoms with Crippen LogP contribution in [0.2, 0.25) is 0 Å². The Morgan fingerprint density at radius 2 is 1.71 bits per heavy atom. The van der Waals surface area contributed by atoms with E-state index in [9.17, 15) is 0 Å². The second kappa shape index (κ2) is 8.41. The van der Waals surface area contributed by atoms with E-state index in [1.807, 2.05) is 13.0 Å². The van der Waals surface area contributed by atoms with Crippen LogP contribution in [-0.2, 0) is 6.54 Å². The molecule has 2 aliphatic rings. The van der Waals surface area contributed by atoms with Gasteiger partial charge in [-0.3, -0.25) is 0 Å². The predicted molar refractivity (Wildman–Crippen MR) is 112 cm³/mol. The molecule has 0 aliphatic carbocycles. The van der Waals surface area contributed by atoms with Gasteiger partial charge in [-0.2, -0.15) is 0 Å². The van der Waals surface area contributed by atoms with Crippen LogP contribution in [0.25, 0.3) is 0 Å². The van der Waals surface area contributed by atoms with Gasteiger partial charge < -0.3 is 20.4 Å². The van der Waals surface area contributed by atoms with E-state index in [1.54, 1.807) is 12.4 Å². The third-order valence-corrected chi connectivity index (χ3v) is 5.29. The molecule has 0 aromatic carbocycles. The second-order valence-electron chi connectivity index (χ2n) is 7.37. The minimum atomic E-state index is 0.581. The van der Waals surface area contributed by atoms with E-state index in [0.29, 0.717) is 12.5 Å². The van der Waals surface area contributed by atoms with Gasteiger partial charge in [0.15, 0.2) is 5.96 Å². The van der Waals surface area contributed by atoms with Gasteiger partial charge in [0, 0.05) is 57.4 Å². The van der Waals surface area contributed by atoms with E-state index < -0.39 is 0 Å². The van der Waals surface area contributed by atoms with Crippen molar-refractivity contribution in [1.82, 2.24) is 19.9 Å². The van der Waals surface area contributed by atoms with Crippen molar-refractivity contribution in [2.24, 2.45) is 10.7 Å². The van der Waals surface area contributed by atoms with Gasteiger partial charge in [0.1, 0.15) is 5.82 Å². The second-order valence-corrected chi connectivity index (χ2v) is 7.37. The van der Waals surface area contributed by atoms with Crippen molar-refractivity contribution in [1.29, 1.82) is 0 Å². The number of hydrogen-bond donors (Lipinski definition) is 1. The lowest BCUT2D eigenvalue weighted by Gasteiger charge is -2.35. The molecular formula is C20H28N8. The van der Waals surface area contributed by atoms with Crippen LogP contribution in [0.3, 0.4) is 0 Å². The highest BCUT2D eigenvalue weighted by Crippen LogP contribution is 2.20. The average molecular weight is 381 g/mol. The lowest BCUT2D eigenvalue weighted by atomic mass is 10.2. The SMILES string of the molecule is Cc1cc(CN=C(N)N2CCN(c3ncccn3)CC2)cc(N2CCCC2)n1. The number of aryl methyl sites for hydroxylation is 1. The van der Waals surface area contributed by atoms with Crippen LogP contribution >= 0.6 is 0 Å². The molecule has 0 amide bonds. The summed E-state index contributed by atoms with van der Waals surface area (Å²) in [6.45, 7) is 8.14. The highest BCUT2D eigenvalue weighted by atomic mass is 15.4. The van der Waals surface area contributed by atoms with Crippen LogP contribution < -0.4 is 15.5 Å². The first kappa shape index (κ1) is 18.5. The summed E-state index contributed by atoms with van der Waals surface area (Å²) >= 11 is 0. The predicted octanol–water partition coefficient (Wildman–Crippen LogP) is 1.42. The molecule has 0 radical (unpaired) electrons. The molecule has 8 nitrogen and oxygen atoms in total. The summed E-state index contributed by atoms with van der Waals surface area (Å²) in [6, 6.07) is 6.08.